The number of rotatable bonds is 6. The van der Waals surface area contributed by atoms with Gasteiger partial charge in [-0.3, -0.25) is 4.79 Å². The molecular weight excluding hydrogens is 369 g/mol. The van der Waals surface area contributed by atoms with Gasteiger partial charge in [0.25, 0.3) is 0 Å². The average Bonchev–Trinajstić information content (AvgIpc) is 2.96. The highest BCUT2D eigenvalue weighted by molar-refractivity contribution is 7.99. The highest BCUT2D eigenvalue weighted by Crippen LogP contribution is 2.29. The van der Waals surface area contributed by atoms with Crippen LogP contribution in [0.3, 0.4) is 0 Å². The van der Waals surface area contributed by atoms with Crippen molar-refractivity contribution < 1.29 is 18.0 Å². The number of hydrogen-bond donors (Lipinski definition) is 1. The molecular formula is C17H13F3N2OS2. The van der Waals surface area contributed by atoms with Crippen molar-refractivity contribution in [1.82, 2.24) is 4.98 Å². The molecule has 1 amide bonds. The Morgan fingerprint density at radius 2 is 1.88 bits per heavy atom. The summed E-state index contributed by atoms with van der Waals surface area (Å²) in [5.74, 6) is -1.24. The first-order valence-electron chi connectivity index (χ1n) is 7.45. The SMILES string of the molecule is O=C(CCCSc1ccc(F)cc1)Nc1nc2c(F)cc(F)cc2s1. The fourth-order valence-corrected chi connectivity index (χ4v) is 3.92. The van der Waals surface area contributed by atoms with E-state index in [4.69, 9.17) is 0 Å². The predicted molar refractivity (Wildman–Crippen MR) is 94.5 cm³/mol. The number of hydrogen-bond acceptors (Lipinski definition) is 4. The Morgan fingerprint density at radius 3 is 2.64 bits per heavy atom. The lowest BCUT2D eigenvalue weighted by Crippen LogP contribution is -2.11. The second-order valence-corrected chi connectivity index (χ2v) is 7.41. The molecule has 0 aliphatic heterocycles. The van der Waals surface area contributed by atoms with Crippen LogP contribution in [0.5, 0.6) is 0 Å². The lowest BCUT2D eigenvalue weighted by atomic mass is 10.3. The van der Waals surface area contributed by atoms with Gasteiger partial charge in [-0.2, -0.15) is 0 Å². The average molecular weight is 382 g/mol. The molecule has 0 saturated heterocycles. The molecule has 0 spiro atoms. The summed E-state index contributed by atoms with van der Waals surface area (Å²) in [7, 11) is 0. The van der Waals surface area contributed by atoms with Crippen molar-refractivity contribution in [2.45, 2.75) is 17.7 Å². The molecule has 1 heterocycles. The molecule has 25 heavy (non-hydrogen) atoms. The first kappa shape index (κ1) is 17.8. The standard InChI is InChI=1S/C17H13F3N2OS2/c18-10-3-5-12(6-4-10)24-7-1-2-15(23)21-17-22-16-13(20)8-11(19)9-14(16)25-17/h3-6,8-9H,1-2,7H2,(H,21,22,23). The van der Waals surface area contributed by atoms with Crippen molar-refractivity contribution >= 4 is 44.4 Å². The summed E-state index contributed by atoms with van der Waals surface area (Å²) >= 11 is 2.56. The fraction of sp³-hybridized carbons (Fsp3) is 0.176. The number of carbonyl (C=O) groups excluding carboxylic acids is 1. The molecule has 3 aromatic rings. The van der Waals surface area contributed by atoms with E-state index in [1.54, 1.807) is 12.1 Å². The van der Waals surface area contributed by atoms with Gasteiger partial charge in [-0.05, 0) is 42.5 Å². The number of benzene rings is 2. The summed E-state index contributed by atoms with van der Waals surface area (Å²) in [5.41, 5.74) is 0.0496. The number of thiazole rings is 1. The first-order chi connectivity index (χ1) is 12.0. The summed E-state index contributed by atoms with van der Waals surface area (Å²) < 4.78 is 39.9. The summed E-state index contributed by atoms with van der Waals surface area (Å²) in [6, 6.07) is 8.11. The molecule has 0 saturated carbocycles. The van der Waals surface area contributed by atoms with Gasteiger partial charge in [-0.1, -0.05) is 11.3 Å². The van der Waals surface area contributed by atoms with Crippen LogP contribution in [0.4, 0.5) is 18.3 Å². The molecule has 3 nitrogen and oxygen atoms in total. The lowest BCUT2D eigenvalue weighted by molar-refractivity contribution is -0.116. The quantitative estimate of drug-likeness (QED) is 0.469. The van der Waals surface area contributed by atoms with Gasteiger partial charge >= 0.3 is 0 Å². The number of aromatic nitrogens is 1. The van der Waals surface area contributed by atoms with Gasteiger partial charge in [-0.15, -0.1) is 11.8 Å². The van der Waals surface area contributed by atoms with Crippen LogP contribution in [0.15, 0.2) is 41.3 Å². The molecule has 8 heteroatoms. The zero-order chi connectivity index (χ0) is 17.8. The third kappa shape index (κ3) is 4.73. The maximum Gasteiger partial charge on any atom is 0.226 e. The Kier molecular flexibility index (Phi) is 5.60. The highest BCUT2D eigenvalue weighted by Gasteiger charge is 2.12. The smallest absolute Gasteiger partial charge is 0.226 e. The van der Waals surface area contributed by atoms with Crippen molar-refractivity contribution in [3.63, 3.8) is 0 Å². The van der Waals surface area contributed by atoms with E-state index in [1.165, 1.54) is 30.0 Å². The highest BCUT2D eigenvalue weighted by atomic mass is 32.2. The number of halogens is 3. The van der Waals surface area contributed by atoms with Gasteiger partial charge in [0, 0.05) is 17.4 Å². The van der Waals surface area contributed by atoms with Crippen molar-refractivity contribution in [2.75, 3.05) is 11.1 Å². The van der Waals surface area contributed by atoms with E-state index in [2.05, 4.69) is 10.3 Å². The zero-order valence-electron chi connectivity index (χ0n) is 12.9. The molecule has 0 atom stereocenters. The number of nitrogens with one attached hydrogen (secondary N) is 1. The second kappa shape index (κ2) is 7.88. The maximum absolute atomic E-state index is 13.6. The molecule has 1 N–H and O–H groups in total. The van der Waals surface area contributed by atoms with Crippen LogP contribution in [-0.2, 0) is 4.79 Å². The molecule has 0 bridgehead atoms. The molecule has 0 radical (unpaired) electrons. The van der Waals surface area contributed by atoms with Crippen LogP contribution in [0.2, 0.25) is 0 Å². The van der Waals surface area contributed by atoms with Crippen LogP contribution in [0.25, 0.3) is 10.2 Å². The van der Waals surface area contributed by atoms with E-state index in [0.29, 0.717) is 16.9 Å². The van der Waals surface area contributed by atoms with Crippen LogP contribution in [0, 0.1) is 17.5 Å². The van der Waals surface area contributed by atoms with Crippen LogP contribution in [-0.4, -0.2) is 16.6 Å². The van der Waals surface area contributed by atoms with Crippen molar-refractivity contribution in [1.29, 1.82) is 0 Å². The first-order valence-corrected chi connectivity index (χ1v) is 9.25. The molecule has 0 fully saturated rings. The number of anilines is 1. The summed E-state index contributed by atoms with van der Waals surface area (Å²) in [6.07, 6.45) is 0.905. The maximum atomic E-state index is 13.6. The van der Waals surface area contributed by atoms with E-state index in [1.807, 2.05) is 0 Å². The fourth-order valence-electron chi connectivity index (χ4n) is 2.15. The van der Waals surface area contributed by atoms with Crippen molar-refractivity contribution in [2.24, 2.45) is 0 Å². The molecule has 2 aromatic carbocycles. The number of fused-ring (bicyclic) bond motifs is 1. The third-order valence-corrected chi connectivity index (χ3v) is 5.31. The molecule has 130 valence electrons. The Hall–Kier alpha value is -2.06. The summed E-state index contributed by atoms with van der Waals surface area (Å²) in [6.45, 7) is 0. The van der Waals surface area contributed by atoms with E-state index in [-0.39, 0.29) is 28.8 Å². The normalized spacial score (nSPS) is 11.0. The minimum Gasteiger partial charge on any atom is -0.302 e. The summed E-state index contributed by atoms with van der Waals surface area (Å²) in [4.78, 5) is 16.8. The number of carbonyl (C=O) groups is 1. The summed E-state index contributed by atoms with van der Waals surface area (Å²) in [5, 5.41) is 2.85. The minimum atomic E-state index is -0.748. The van der Waals surface area contributed by atoms with Gasteiger partial charge in [0.2, 0.25) is 5.91 Å². The molecule has 1 aromatic heterocycles. The number of nitrogens with zero attached hydrogens (tertiary/aromatic N) is 1. The molecule has 0 aliphatic rings. The topological polar surface area (TPSA) is 42.0 Å². The van der Waals surface area contributed by atoms with E-state index < -0.39 is 11.6 Å². The molecule has 3 rings (SSSR count). The van der Waals surface area contributed by atoms with Crippen LogP contribution < -0.4 is 5.32 Å². The third-order valence-electron chi connectivity index (χ3n) is 3.29. The molecule has 0 unspecified atom stereocenters. The van der Waals surface area contributed by atoms with Crippen molar-refractivity contribution in [3.05, 3.63) is 53.8 Å². The van der Waals surface area contributed by atoms with Gasteiger partial charge < -0.3 is 5.32 Å². The zero-order valence-corrected chi connectivity index (χ0v) is 14.5. The van der Waals surface area contributed by atoms with Gasteiger partial charge in [0.1, 0.15) is 17.2 Å². The van der Waals surface area contributed by atoms with Gasteiger partial charge in [0.15, 0.2) is 10.9 Å². The Morgan fingerprint density at radius 1 is 1.12 bits per heavy atom. The van der Waals surface area contributed by atoms with E-state index >= 15 is 0 Å². The van der Waals surface area contributed by atoms with Gasteiger partial charge in [0.05, 0.1) is 4.70 Å². The van der Waals surface area contributed by atoms with Crippen LogP contribution >= 0.6 is 23.1 Å². The molecule has 0 aliphatic carbocycles. The van der Waals surface area contributed by atoms with E-state index in [0.717, 1.165) is 22.3 Å². The van der Waals surface area contributed by atoms with E-state index in [9.17, 15) is 18.0 Å². The van der Waals surface area contributed by atoms with Gasteiger partial charge in [-0.25, -0.2) is 18.2 Å². The predicted octanol–water partition coefficient (Wildman–Crippen LogP) is 5.22. The number of amides is 1. The monoisotopic (exact) mass is 382 g/mol. The minimum absolute atomic E-state index is 0.0496. The number of thioether (sulfide) groups is 1. The largest absolute Gasteiger partial charge is 0.302 e. The Labute approximate surface area is 150 Å². The Balaban J connectivity index is 1.49. The van der Waals surface area contributed by atoms with Crippen molar-refractivity contribution in [3.8, 4) is 0 Å². The Bertz CT molecular complexity index is 897. The second-order valence-electron chi connectivity index (χ2n) is 5.21. The lowest BCUT2D eigenvalue weighted by Gasteiger charge is -2.02. The van der Waals surface area contributed by atoms with Crippen LogP contribution in [0.1, 0.15) is 12.8 Å².